The Hall–Kier alpha value is -1.24. The number of aryl methyl sites for hydroxylation is 1. The molecule has 1 aromatic carbocycles. The van der Waals surface area contributed by atoms with Crippen LogP contribution in [-0.2, 0) is 6.42 Å². The third-order valence-electron chi connectivity index (χ3n) is 2.68. The first-order chi connectivity index (χ1) is 7.40. The summed E-state index contributed by atoms with van der Waals surface area (Å²) in [5.74, 6) is 1.01. The number of unbranched alkanes of at least 4 members (excludes halogenated alkanes) is 1. The predicted molar refractivity (Wildman–Crippen MR) is 62.9 cm³/mol. The smallest absolute Gasteiger partial charge is 0.119 e. The Morgan fingerprint density at radius 1 is 1.40 bits per heavy atom. The van der Waals surface area contributed by atoms with Crippen molar-refractivity contribution in [2.75, 3.05) is 6.61 Å². The van der Waals surface area contributed by atoms with Gasteiger partial charge in [0, 0.05) is 0 Å². The topological polar surface area (TPSA) is 9.23 Å². The predicted octanol–water partition coefficient (Wildman–Crippen LogP) is 3.63. The molecule has 1 radical (unpaired) electrons. The van der Waals surface area contributed by atoms with Crippen LogP contribution in [0.25, 0.3) is 6.08 Å². The third-order valence-corrected chi connectivity index (χ3v) is 2.68. The molecule has 79 valence electrons. The van der Waals surface area contributed by atoms with Crippen LogP contribution in [-0.4, -0.2) is 6.61 Å². The summed E-state index contributed by atoms with van der Waals surface area (Å²) >= 11 is 0. The maximum atomic E-state index is 5.68. The average Bonchev–Trinajstić information content (AvgIpc) is 2.29. The molecular formula is C14H17O. The summed E-state index contributed by atoms with van der Waals surface area (Å²) in [4.78, 5) is 0. The Balaban J connectivity index is 2.04. The molecule has 1 aromatic rings. The zero-order valence-corrected chi connectivity index (χ0v) is 9.25. The van der Waals surface area contributed by atoms with Gasteiger partial charge >= 0.3 is 0 Å². The van der Waals surface area contributed by atoms with Crippen molar-refractivity contribution in [3.05, 3.63) is 35.4 Å². The summed E-state index contributed by atoms with van der Waals surface area (Å²) in [6.07, 6.45) is 9.77. The number of hydrogen-bond acceptors (Lipinski definition) is 1. The fourth-order valence-corrected chi connectivity index (χ4v) is 1.75. The Morgan fingerprint density at radius 2 is 2.33 bits per heavy atom. The van der Waals surface area contributed by atoms with Crippen molar-refractivity contribution in [3.8, 4) is 5.75 Å². The molecule has 1 nitrogen and oxygen atoms in total. The van der Waals surface area contributed by atoms with E-state index in [-0.39, 0.29) is 0 Å². The van der Waals surface area contributed by atoms with Gasteiger partial charge < -0.3 is 4.74 Å². The molecular weight excluding hydrogens is 184 g/mol. The highest BCUT2D eigenvalue weighted by molar-refractivity contribution is 5.56. The van der Waals surface area contributed by atoms with Crippen LogP contribution in [0.3, 0.4) is 0 Å². The van der Waals surface area contributed by atoms with Gasteiger partial charge in [-0.05, 0) is 48.6 Å². The number of allylic oxidation sites excluding steroid dienone is 1. The summed E-state index contributed by atoms with van der Waals surface area (Å²) in [5, 5.41) is 0. The molecule has 0 unspecified atom stereocenters. The highest BCUT2D eigenvalue weighted by Gasteiger charge is 2.05. The van der Waals surface area contributed by atoms with Crippen LogP contribution < -0.4 is 4.74 Å². The monoisotopic (exact) mass is 201 g/mol. The standard InChI is InChI=1S/C14H17O/c1-2-3-10-15-14-9-8-12-6-4-5-7-13(12)11-14/h6,8-9,11H,2-3,5,7,10H2,1H3. The van der Waals surface area contributed by atoms with E-state index < -0.39 is 0 Å². The van der Waals surface area contributed by atoms with Crippen molar-refractivity contribution in [2.24, 2.45) is 0 Å². The average molecular weight is 201 g/mol. The van der Waals surface area contributed by atoms with Gasteiger partial charge in [-0.15, -0.1) is 0 Å². The minimum Gasteiger partial charge on any atom is -0.494 e. The molecule has 0 spiro atoms. The number of benzene rings is 1. The summed E-state index contributed by atoms with van der Waals surface area (Å²) in [7, 11) is 0. The first-order valence-electron chi connectivity index (χ1n) is 5.72. The Labute approximate surface area is 91.8 Å². The molecule has 2 rings (SSSR count). The van der Waals surface area contributed by atoms with Crippen molar-refractivity contribution in [3.63, 3.8) is 0 Å². The van der Waals surface area contributed by atoms with E-state index in [0.717, 1.165) is 31.6 Å². The van der Waals surface area contributed by atoms with E-state index >= 15 is 0 Å². The molecule has 0 amide bonds. The molecule has 0 fully saturated rings. The lowest BCUT2D eigenvalue weighted by Crippen LogP contribution is -1.99. The molecule has 0 saturated carbocycles. The van der Waals surface area contributed by atoms with Gasteiger partial charge in [0.2, 0.25) is 0 Å². The van der Waals surface area contributed by atoms with Crippen LogP contribution in [0.5, 0.6) is 5.75 Å². The largest absolute Gasteiger partial charge is 0.494 e. The van der Waals surface area contributed by atoms with Crippen LogP contribution in [0.4, 0.5) is 0 Å². The van der Waals surface area contributed by atoms with Crippen LogP contribution in [0.1, 0.15) is 37.3 Å². The molecule has 0 heterocycles. The fraction of sp³-hybridized carbons (Fsp3) is 0.429. The zero-order chi connectivity index (χ0) is 10.5. The first kappa shape index (κ1) is 10.3. The second-order valence-electron chi connectivity index (χ2n) is 3.91. The quantitative estimate of drug-likeness (QED) is 0.676. The first-order valence-corrected chi connectivity index (χ1v) is 5.72. The van der Waals surface area contributed by atoms with Crippen LogP contribution >= 0.6 is 0 Å². The lowest BCUT2D eigenvalue weighted by atomic mass is 9.97. The van der Waals surface area contributed by atoms with E-state index in [1.807, 2.05) is 0 Å². The van der Waals surface area contributed by atoms with Gasteiger partial charge in [0.15, 0.2) is 0 Å². The van der Waals surface area contributed by atoms with Gasteiger partial charge in [0.25, 0.3) is 0 Å². The number of ether oxygens (including phenoxy) is 1. The van der Waals surface area contributed by atoms with Gasteiger partial charge in [-0.2, -0.15) is 0 Å². The number of fused-ring (bicyclic) bond motifs is 1. The Morgan fingerprint density at radius 3 is 3.20 bits per heavy atom. The van der Waals surface area contributed by atoms with Crippen LogP contribution in [0.2, 0.25) is 0 Å². The maximum Gasteiger partial charge on any atom is 0.119 e. The zero-order valence-electron chi connectivity index (χ0n) is 9.25. The molecule has 0 bridgehead atoms. The molecule has 0 N–H and O–H groups in total. The third kappa shape index (κ3) is 2.62. The summed E-state index contributed by atoms with van der Waals surface area (Å²) < 4.78 is 5.68. The van der Waals surface area contributed by atoms with E-state index in [4.69, 9.17) is 4.74 Å². The summed E-state index contributed by atoms with van der Waals surface area (Å²) in [6, 6.07) is 6.35. The number of hydrogen-bond donors (Lipinski definition) is 0. The van der Waals surface area contributed by atoms with Crippen LogP contribution in [0, 0.1) is 6.08 Å². The summed E-state index contributed by atoms with van der Waals surface area (Å²) in [6.45, 7) is 3.01. The molecule has 1 aliphatic carbocycles. The van der Waals surface area contributed by atoms with Gasteiger partial charge in [-0.1, -0.05) is 25.5 Å². The molecule has 1 heteroatoms. The van der Waals surface area contributed by atoms with Gasteiger partial charge in [0.05, 0.1) is 6.61 Å². The molecule has 0 aliphatic heterocycles. The Kier molecular flexibility index (Phi) is 3.44. The van der Waals surface area contributed by atoms with Gasteiger partial charge in [-0.3, -0.25) is 0 Å². The van der Waals surface area contributed by atoms with Crippen molar-refractivity contribution in [2.45, 2.75) is 32.6 Å². The normalized spacial score (nSPS) is 13.7. The van der Waals surface area contributed by atoms with Gasteiger partial charge in [0.1, 0.15) is 5.75 Å². The van der Waals surface area contributed by atoms with Gasteiger partial charge in [-0.25, -0.2) is 0 Å². The van der Waals surface area contributed by atoms with E-state index in [1.54, 1.807) is 0 Å². The van der Waals surface area contributed by atoms with Crippen molar-refractivity contribution in [1.82, 2.24) is 0 Å². The molecule has 1 aliphatic rings. The van der Waals surface area contributed by atoms with Crippen LogP contribution in [0.15, 0.2) is 18.2 Å². The SMILES string of the molecule is CCCCOc1ccc2c(c1)CC[C]=C2. The van der Waals surface area contributed by atoms with Crippen molar-refractivity contribution < 1.29 is 4.74 Å². The molecule has 0 atom stereocenters. The lowest BCUT2D eigenvalue weighted by molar-refractivity contribution is 0.309. The second kappa shape index (κ2) is 5.01. The minimum atomic E-state index is 0.831. The summed E-state index contributed by atoms with van der Waals surface area (Å²) in [5.41, 5.74) is 2.69. The maximum absolute atomic E-state index is 5.68. The molecule has 0 aromatic heterocycles. The van der Waals surface area contributed by atoms with E-state index in [9.17, 15) is 0 Å². The van der Waals surface area contributed by atoms with Crippen molar-refractivity contribution in [1.29, 1.82) is 0 Å². The van der Waals surface area contributed by atoms with E-state index in [0.29, 0.717) is 0 Å². The highest BCUT2D eigenvalue weighted by atomic mass is 16.5. The molecule has 0 saturated heterocycles. The second-order valence-corrected chi connectivity index (χ2v) is 3.91. The Bertz CT molecular complexity index is 352. The number of rotatable bonds is 4. The highest BCUT2D eigenvalue weighted by Crippen LogP contribution is 2.23. The van der Waals surface area contributed by atoms with E-state index in [1.165, 1.54) is 17.5 Å². The fourth-order valence-electron chi connectivity index (χ4n) is 1.75. The minimum absolute atomic E-state index is 0.831. The van der Waals surface area contributed by atoms with Crippen molar-refractivity contribution >= 4 is 6.08 Å². The lowest BCUT2D eigenvalue weighted by Gasteiger charge is -2.12. The van der Waals surface area contributed by atoms with E-state index in [2.05, 4.69) is 37.3 Å². The molecule has 15 heavy (non-hydrogen) atoms.